The molecule has 0 fully saturated rings. The lowest BCUT2D eigenvalue weighted by atomic mass is 10.2. The van der Waals surface area contributed by atoms with Gasteiger partial charge in [-0.1, -0.05) is 0 Å². The second-order valence-electron chi connectivity index (χ2n) is 3.57. The number of hydrogen-bond donors (Lipinski definition) is 2. The summed E-state index contributed by atoms with van der Waals surface area (Å²) < 4.78 is 5.27. The van der Waals surface area contributed by atoms with Gasteiger partial charge in [0.2, 0.25) is 0 Å². The number of aliphatic hydroxyl groups is 2. The molecular formula is C11H17NO4. The maximum absolute atomic E-state index is 12.0. The monoisotopic (exact) mass is 227 g/mol. The Labute approximate surface area is 94.3 Å². The molecule has 1 rings (SSSR count). The zero-order valence-electron chi connectivity index (χ0n) is 9.56. The predicted octanol–water partition coefficient (Wildman–Crippen LogP) is 0.323. The normalized spacial score (nSPS) is 10.5. The van der Waals surface area contributed by atoms with E-state index in [0.717, 1.165) is 0 Å². The van der Waals surface area contributed by atoms with E-state index in [1.807, 2.05) is 0 Å². The fourth-order valence-corrected chi connectivity index (χ4v) is 1.57. The van der Waals surface area contributed by atoms with E-state index in [9.17, 15) is 4.79 Å². The van der Waals surface area contributed by atoms with Gasteiger partial charge in [0.25, 0.3) is 5.91 Å². The quantitative estimate of drug-likeness (QED) is 0.760. The van der Waals surface area contributed by atoms with E-state index in [4.69, 9.17) is 14.6 Å². The van der Waals surface area contributed by atoms with Gasteiger partial charge in [0.05, 0.1) is 18.8 Å². The number of aliphatic hydroxyl groups excluding tert-OH is 2. The Morgan fingerprint density at radius 2 is 1.88 bits per heavy atom. The van der Waals surface area contributed by atoms with Crippen LogP contribution in [0.15, 0.2) is 10.5 Å². The summed E-state index contributed by atoms with van der Waals surface area (Å²) in [6, 6.07) is 1.67. The molecule has 0 bridgehead atoms. The van der Waals surface area contributed by atoms with Crippen LogP contribution in [0.4, 0.5) is 0 Å². The lowest BCUT2D eigenvalue weighted by Gasteiger charge is -2.20. The number of aryl methyl sites for hydroxylation is 2. The summed E-state index contributed by atoms with van der Waals surface area (Å²) in [5.74, 6) is 1.01. The van der Waals surface area contributed by atoms with E-state index < -0.39 is 0 Å². The van der Waals surface area contributed by atoms with Crippen LogP contribution >= 0.6 is 0 Å². The Balaban J connectivity index is 2.85. The van der Waals surface area contributed by atoms with Gasteiger partial charge in [0, 0.05) is 13.1 Å². The topological polar surface area (TPSA) is 73.9 Å². The minimum absolute atomic E-state index is 0.123. The van der Waals surface area contributed by atoms with Crippen molar-refractivity contribution in [2.45, 2.75) is 13.8 Å². The van der Waals surface area contributed by atoms with E-state index in [1.165, 1.54) is 4.90 Å². The highest BCUT2D eigenvalue weighted by Crippen LogP contribution is 2.15. The highest BCUT2D eigenvalue weighted by atomic mass is 16.3. The van der Waals surface area contributed by atoms with Crippen molar-refractivity contribution in [2.24, 2.45) is 0 Å². The van der Waals surface area contributed by atoms with Crippen LogP contribution in [0, 0.1) is 13.8 Å². The molecule has 1 aromatic rings. The van der Waals surface area contributed by atoms with Crippen molar-refractivity contribution in [1.29, 1.82) is 0 Å². The summed E-state index contributed by atoms with van der Waals surface area (Å²) in [5, 5.41) is 17.7. The molecule has 1 heterocycles. The molecule has 0 radical (unpaired) electrons. The van der Waals surface area contributed by atoms with E-state index in [-0.39, 0.29) is 32.2 Å². The fraction of sp³-hybridized carbons (Fsp3) is 0.545. The van der Waals surface area contributed by atoms with Gasteiger partial charge in [-0.15, -0.1) is 0 Å². The number of furan rings is 1. The minimum atomic E-state index is -0.225. The number of carbonyl (C=O) groups excluding carboxylic acids is 1. The van der Waals surface area contributed by atoms with E-state index >= 15 is 0 Å². The SMILES string of the molecule is Cc1cc(C(=O)N(CCO)CCO)c(C)o1. The number of amides is 1. The first-order valence-electron chi connectivity index (χ1n) is 5.18. The van der Waals surface area contributed by atoms with E-state index in [1.54, 1.807) is 19.9 Å². The fourth-order valence-electron chi connectivity index (χ4n) is 1.57. The van der Waals surface area contributed by atoms with Crippen LogP contribution < -0.4 is 0 Å². The van der Waals surface area contributed by atoms with Crippen LogP contribution in [0.3, 0.4) is 0 Å². The smallest absolute Gasteiger partial charge is 0.257 e. The molecule has 0 spiro atoms. The van der Waals surface area contributed by atoms with Crippen molar-refractivity contribution >= 4 is 5.91 Å². The second-order valence-corrected chi connectivity index (χ2v) is 3.57. The van der Waals surface area contributed by atoms with Gasteiger partial charge in [-0.25, -0.2) is 0 Å². The third-order valence-electron chi connectivity index (χ3n) is 2.30. The summed E-state index contributed by atoms with van der Waals surface area (Å²) in [6.07, 6.45) is 0. The van der Waals surface area contributed by atoms with E-state index in [0.29, 0.717) is 17.1 Å². The van der Waals surface area contributed by atoms with Crippen LogP contribution in [0.2, 0.25) is 0 Å². The molecule has 90 valence electrons. The molecule has 0 aliphatic rings. The highest BCUT2D eigenvalue weighted by Gasteiger charge is 2.19. The Kier molecular flexibility index (Phi) is 4.52. The highest BCUT2D eigenvalue weighted by molar-refractivity contribution is 5.95. The van der Waals surface area contributed by atoms with Gasteiger partial charge in [0.15, 0.2) is 0 Å². The molecule has 0 saturated carbocycles. The molecular weight excluding hydrogens is 210 g/mol. The van der Waals surface area contributed by atoms with Crippen LogP contribution in [0.1, 0.15) is 21.9 Å². The molecule has 2 N–H and O–H groups in total. The average molecular weight is 227 g/mol. The summed E-state index contributed by atoms with van der Waals surface area (Å²) in [6.45, 7) is 3.66. The molecule has 1 aromatic heterocycles. The molecule has 0 unspecified atom stereocenters. The maximum Gasteiger partial charge on any atom is 0.257 e. The molecule has 0 atom stereocenters. The van der Waals surface area contributed by atoms with Gasteiger partial charge in [-0.2, -0.15) is 0 Å². The van der Waals surface area contributed by atoms with Gasteiger partial charge < -0.3 is 19.5 Å². The molecule has 16 heavy (non-hydrogen) atoms. The van der Waals surface area contributed by atoms with Crippen molar-refractivity contribution in [1.82, 2.24) is 4.90 Å². The molecule has 1 amide bonds. The zero-order chi connectivity index (χ0) is 12.1. The zero-order valence-corrected chi connectivity index (χ0v) is 9.56. The van der Waals surface area contributed by atoms with Gasteiger partial charge in [-0.05, 0) is 19.9 Å². The van der Waals surface area contributed by atoms with Crippen LogP contribution in [-0.4, -0.2) is 47.3 Å². The third-order valence-corrected chi connectivity index (χ3v) is 2.30. The molecule has 5 heteroatoms. The van der Waals surface area contributed by atoms with E-state index in [2.05, 4.69) is 0 Å². The first-order chi connectivity index (χ1) is 7.60. The minimum Gasteiger partial charge on any atom is -0.466 e. The van der Waals surface area contributed by atoms with Crippen LogP contribution in [0.5, 0.6) is 0 Å². The maximum atomic E-state index is 12.0. The first-order valence-corrected chi connectivity index (χ1v) is 5.18. The number of rotatable bonds is 5. The Hall–Kier alpha value is -1.33. The number of hydrogen-bond acceptors (Lipinski definition) is 4. The van der Waals surface area contributed by atoms with Gasteiger partial charge in [-0.3, -0.25) is 4.79 Å². The lowest BCUT2D eigenvalue weighted by Crippen LogP contribution is -2.35. The summed E-state index contributed by atoms with van der Waals surface area (Å²) in [7, 11) is 0. The third kappa shape index (κ3) is 2.84. The number of nitrogens with zero attached hydrogens (tertiary/aromatic N) is 1. The van der Waals surface area contributed by atoms with Crippen molar-refractivity contribution in [3.63, 3.8) is 0 Å². The lowest BCUT2D eigenvalue weighted by molar-refractivity contribution is 0.0683. The van der Waals surface area contributed by atoms with Crippen LogP contribution in [-0.2, 0) is 0 Å². The van der Waals surface area contributed by atoms with Crippen molar-refractivity contribution in [3.05, 3.63) is 23.2 Å². The molecule has 5 nitrogen and oxygen atoms in total. The number of carbonyl (C=O) groups is 1. The van der Waals surface area contributed by atoms with Gasteiger partial charge >= 0.3 is 0 Å². The van der Waals surface area contributed by atoms with Crippen LogP contribution in [0.25, 0.3) is 0 Å². The Bertz CT molecular complexity index is 353. The van der Waals surface area contributed by atoms with Crippen molar-refractivity contribution in [2.75, 3.05) is 26.3 Å². The Morgan fingerprint density at radius 1 is 1.31 bits per heavy atom. The molecule has 0 saturated heterocycles. The second kappa shape index (κ2) is 5.67. The summed E-state index contributed by atoms with van der Waals surface area (Å²) in [4.78, 5) is 13.4. The standard InChI is InChI=1S/C11H17NO4/c1-8-7-10(9(2)16-8)11(15)12(3-5-13)4-6-14/h7,13-14H,3-6H2,1-2H3. The van der Waals surface area contributed by atoms with Crippen molar-refractivity contribution in [3.8, 4) is 0 Å². The summed E-state index contributed by atoms with van der Waals surface area (Å²) >= 11 is 0. The average Bonchev–Trinajstić information content (AvgIpc) is 2.56. The predicted molar refractivity (Wildman–Crippen MR) is 58.3 cm³/mol. The molecule has 0 aliphatic heterocycles. The van der Waals surface area contributed by atoms with Crippen molar-refractivity contribution < 1.29 is 19.4 Å². The molecule has 0 aromatic carbocycles. The molecule has 0 aliphatic carbocycles. The summed E-state index contributed by atoms with van der Waals surface area (Å²) in [5.41, 5.74) is 0.486. The first kappa shape index (κ1) is 12.7. The Morgan fingerprint density at radius 3 is 2.25 bits per heavy atom. The van der Waals surface area contributed by atoms with Gasteiger partial charge in [0.1, 0.15) is 11.5 Å². The largest absolute Gasteiger partial charge is 0.466 e.